The number of nitrogens with one attached hydrogen (secondary N) is 3. The highest BCUT2D eigenvalue weighted by Gasteiger charge is 2.23. The summed E-state index contributed by atoms with van der Waals surface area (Å²) in [5.74, 6) is -4.48. The molecule has 0 bridgehead atoms. The molecule has 0 saturated heterocycles. The zero-order valence-corrected chi connectivity index (χ0v) is 19.4. The van der Waals surface area contributed by atoms with E-state index in [1.807, 2.05) is 22.6 Å². The van der Waals surface area contributed by atoms with Gasteiger partial charge in [0.2, 0.25) is 0 Å². The van der Waals surface area contributed by atoms with Crippen LogP contribution in [0.5, 0.6) is 0 Å². The van der Waals surface area contributed by atoms with Crippen molar-refractivity contribution in [1.82, 2.24) is 10.8 Å². The number of aliphatic hydroxyl groups is 2. The van der Waals surface area contributed by atoms with Gasteiger partial charge in [0.25, 0.3) is 5.91 Å². The normalized spacial score (nSPS) is 11.1. The highest BCUT2D eigenvalue weighted by molar-refractivity contribution is 14.1. The molecular formula is C20H22F3IN4O5. The Balaban J connectivity index is 2.33. The molecule has 0 saturated carbocycles. The fourth-order valence-corrected chi connectivity index (χ4v) is 2.91. The van der Waals surface area contributed by atoms with Crippen LogP contribution in [0.2, 0.25) is 0 Å². The molecule has 0 radical (unpaired) electrons. The Hall–Kier alpha value is -2.46. The van der Waals surface area contributed by atoms with Crippen LogP contribution in [-0.2, 0) is 9.68 Å². The number of hydrogen-bond donors (Lipinski definition) is 5. The molecule has 0 aliphatic heterocycles. The highest BCUT2D eigenvalue weighted by atomic mass is 127. The molecule has 1 amide bonds. The van der Waals surface area contributed by atoms with E-state index in [1.54, 1.807) is 6.07 Å². The minimum Gasteiger partial charge on any atom is -0.395 e. The van der Waals surface area contributed by atoms with Crippen LogP contribution in [0.15, 0.2) is 29.4 Å². The molecule has 33 heavy (non-hydrogen) atoms. The molecule has 2 aromatic carbocycles. The van der Waals surface area contributed by atoms with E-state index < -0.39 is 40.2 Å². The molecule has 2 rings (SSSR count). The van der Waals surface area contributed by atoms with Crippen molar-refractivity contribution in [3.05, 3.63) is 56.4 Å². The van der Waals surface area contributed by atoms with Gasteiger partial charge in [-0.3, -0.25) is 9.63 Å². The van der Waals surface area contributed by atoms with Crippen LogP contribution in [0.3, 0.4) is 0 Å². The van der Waals surface area contributed by atoms with Gasteiger partial charge in [0, 0.05) is 22.2 Å². The Morgan fingerprint density at radius 1 is 1.09 bits per heavy atom. The lowest BCUT2D eigenvalue weighted by Crippen LogP contribution is -2.30. The first-order chi connectivity index (χ1) is 15.9. The Labute approximate surface area is 201 Å². The van der Waals surface area contributed by atoms with Crippen molar-refractivity contribution in [2.45, 2.75) is 0 Å². The fourth-order valence-electron chi connectivity index (χ4n) is 2.45. The van der Waals surface area contributed by atoms with E-state index in [1.165, 1.54) is 12.1 Å². The predicted octanol–water partition coefficient (Wildman–Crippen LogP) is 2.04. The van der Waals surface area contributed by atoms with Gasteiger partial charge in [-0.25, -0.2) is 18.7 Å². The summed E-state index contributed by atoms with van der Waals surface area (Å²) in [6.45, 7) is 0.0778. The number of amides is 1. The van der Waals surface area contributed by atoms with Gasteiger partial charge in [-0.05, 0) is 46.9 Å². The number of hydroxylamine groups is 1. The maximum Gasteiger partial charge on any atom is 0.277 e. The zero-order valence-electron chi connectivity index (χ0n) is 17.2. The van der Waals surface area contributed by atoms with E-state index in [0.717, 1.165) is 12.3 Å². The topological polar surface area (TPSA) is 124 Å². The standard InChI is InChI=1S/C20H22F3IN4O5/c21-15-10-13(24)1-2-16(15)27-19-14(20(31)28-33-7-4-25-3-5-29)9-12(17(22)18(19)23)11-26-32-8-6-30/h1-2,9-11,25,27,29-30H,3-8H2,(H,28,31)/b26-11+. The van der Waals surface area contributed by atoms with E-state index in [4.69, 9.17) is 15.1 Å². The molecule has 9 nitrogen and oxygen atoms in total. The summed E-state index contributed by atoms with van der Waals surface area (Å²) >= 11 is 1.89. The van der Waals surface area contributed by atoms with E-state index in [2.05, 4.69) is 26.1 Å². The van der Waals surface area contributed by atoms with Gasteiger partial charge in [0.05, 0.1) is 43.0 Å². The molecule has 0 spiro atoms. The number of nitrogens with zero attached hydrogens (tertiary/aromatic N) is 1. The fraction of sp³-hybridized carbons (Fsp3) is 0.300. The van der Waals surface area contributed by atoms with Crippen molar-refractivity contribution in [1.29, 1.82) is 0 Å². The maximum absolute atomic E-state index is 14.9. The van der Waals surface area contributed by atoms with Crippen LogP contribution in [0.1, 0.15) is 15.9 Å². The molecule has 0 heterocycles. The summed E-state index contributed by atoms with van der Waals surface area (Å²) < 4.78 is 44.4. The zero-order chi connectivity index (χ0) is 24.2. The van der Waals surface area contributed by atoms with Crippen LogP contribution >= 0.6 is 22.6 Å². The average molecular weight is 582 g/mol. The van der Waals surface area contributed by atoms with Crippen molar-refractivity contribution in [2.24, 2.45) is 5.16 Å². The average Bonchev–Trinajstić information content (AvgIpc) is 2.79. The molecule has 13 heteroatoms. The summed E-state index contributed by atoms with van der Waals surface area (Å²) in [4.78, 5) is 22.3. The largest absolute Gasteiger partial charge is 0.395 e. The van der Waals surface area contributed by atoms with E-state index in [-0.39, 0.29) is 32.1 Å². The number of aliphatic hydroxyl groups excluding tert-OH is 2. The predicted molar refractivity (Wildman–Crippen MR) is 123 cm³/mol. The van der Waals surface area contributed by atoms with Crippen LogP contribution in [0, 0.1) is 21.0 Å². The van der Waals surface area contributed by atoms with Crippen molar-refractivity contribution < 1.29 is 37.9 Å². The van der Waals surface area contributed by atoms with Crippen LogP contribution in [0.4, 0.5) is 24.5 Å². The third kappa shape index (κ3) is 8.12. The maximum atomic E-state index is 14.9. The summed E-state index contributed by atoms with van der Waals surface area (Å²) in [5.41, 5.74) is 0.502. The van der Waals surface area contributed by atoms with E-state index in [0.29, 0.717) is 16.7 Å². The monoisotopic (exact) mass is 582 g/mol. The molecule has 0 aliphatic carbocycles. The second kappa shape index (κ2) is 13.9. The molecule has 5 N–H and O–H groups in total. The lowest BCUT2D eigenvalue weighted by atomic mass is 10.1. The Kier molecular flexibility index (Phi) is 11.3. The molecule has 0 aliphatic rings. The number of hydrogen-bond acceptors (Lipinski definition) is 8. The van der Waals surface area contributed by atoms with E-state index >= 15 is 0 Å². The third-order valence-corrected chi connectivity index (χ3v) is 4.62. The smallest absolute Gasteiger partial charge is 0.277 e. The Morgan fingerprint density at radius 3 is 2.58 bits per heavy atom. The first-order valence-corrected chi connectivity index (χ1v) is 10.7. The van der Waals surface area contributed by atoms with Gasteiger partial charge >= 0.3 is 0 Å². The SMILES string of the molecule is O=C(NOCCNCCO)c1cc(/C=N/OCCO)c(F)c(F)c1Nc1ccc(I)cc1F. The van der Waals surface area contributed by atoms with Crippen molar-refractivity contribution in [3.8, 4) is 0 Å². The Bertz CT molecular complexity index is 981. The van der Waals surface area contributed by atoms with Gasteiger partial charge in [-0.15, -0.1) is 0 Å². The Morgan fingerprint density at radius 2 is 1.88 bits per heavy atom. The minimum absolute atomic E-state index is 0.0211. The molecule has 0 aromatic heterocycles. The first kappa shape index (κ1) is 26.8. The van der Waals surface area contributed by atoms with E-state index in [9.17, 15) is 18.0 Å². The molecular weight excluding hydrogens is 560 g/mol. The number of halogens is 4. The summed E-state index contributed by atoms with van der Waals surface area (Å²) in [6, 6.07) is 5.03. The van der Waals surface area contributed by atoms with Gasteiger partial charge < -0.3 is 25.7 Å². The molecule has 0 fully saturated rings. The van der Waals surface area contributed by atoms with Crippen LogP contribution in [-0.4, -0.2) is 61.9 Å². The molecule has 0 atom stereocenters. The number of anilines is 2. The molecule has 2 aromatic rings. The lowest BCUT2D eigenvalue weighted by molar-refractivity contribution is 0.0322. The highest BCUT2D eigenvalue weighted by Crippen LogP contribution is 2.30. The molecule has 180 valence electrons. The summed E-state index contributed by atoms with van der Waals surface area (Å²) in [6.07, 6.45) is 0.833. The van der Waals surface area contributed by atoms with Crippen molar-refractivity contribution >= 4 is 46.1 Å². The third-order valence-electron chi connectivity index (χ3n) is 3.95. The van der Waals surface area contributed by atoms with Crippen molar-refractivity contribution in [2.75, 3.05) is 44.8 Å². The summed E-state index contributed by atoms with van der Waals surface area (Å²) in [5, 5.41) is 26.1. The van der Waals surface area contributed by atoms with Gasteiger partial charge in [-0.1, -0.05) is 5.16 Å². The number of benzene rings is 2. The van der Waals surface area contributed by atoms with Gasteiger partial charge in [0.15, 0.2) is 11.6 Å². The second-order valence-corrected chi connectivity index (χ2v) is 7.56. The van der Waals surface area contributed by atoms with Gasteiger partial charge in [-0.2, -0.15) is 0 Å². The lowest BCUT2D eigenvalue weighted by Gasteiger charge is -2.16. The van der Waals surface area contributed by atoms with Crippen LogP contribution < -0.4 is 16.1 Å². The first-order valence-electron chi connectivity index (χ1n) is 9.63. The van der Waals surface area contributed by atoms with Crippen LogP contribution in [0.25, 0.3) is 0 Å². The number of carbonyl (C=O) groups is 1. The number of carbonyl (C=O) groups excluding carboxylic acids is 1. The number of oxime groups is 1. The second-order valence-electron chi connectivity index (χ2n) is 6.31. The number of rotatable bonds is 13. The van der Waals surface area contributed by atoms with Gasteiger partial charge in [0.1, 0.15) is 12.4 Å². The summed E-state index contributed by atoms with van der Waals surface area (Å²) in [7, 11) is 0. The minimum atomic E-state index is -1.45. The van der Waals surface area contributed by atoms with Crippen molar-refractivity contribution in [3.63, 3.8) is 0 Å². The molecule has 0 unspecified atom stereocenters. The quantitative estimate of drug-likeness (QED) is 0.106.